The van der Waals surface area contributed by atoms with E-state index in [1.54, 1.807) is 0 Å². The number of rotatable bonds is 1. The summed E-state index contributed by atoms with van der Waals surface area (Å²) in [5.74, 6) is -0.0851. The number of nitrogens with one attached hydrogen (secondary N) is 1. The van der Waals surface area contributed by atoms with Gasteiger partial charge in [-0.05, 0) is 40.8 Å². The number of hydrogen-bond acceptors (Lipinski definition) is 3. The van der Waals surface area contributed by atoms with E-state index in [1.165, 1.54) is 13.3 Å². The van der Waals surface area contributed by atoms with Crippen LogP contribution in [0.15, 0.2) is 24.5 Å². The lowest BCUT2D eigenvalue weighted by molar-refractivity contribution is -0.114. The van der Waals surface area contributed by atoms with Crippen molar-refractivity contribution >= 4 is 45.1 Å². The molecule has 5 heteroatoms. The van der Waals surface area contributed by atoms with E-state index in [1.807, 2.05) is 18.2 Å². The molecule has 0 unspecified atom stereocenters. The lowest BCUT2D eigenvalue weighted by atomic mass is 10.2. The Hall–Kier alpha value is -1.24. The molecule has 0 aliphatic rings. The molecule has 1 heterocycles. The monoisotopic (exact) mass is 313 g/mol. The Kier molecular flexibility index (Phi) is 2.81. The third-order valence-electron chi connectivity index (χ3n) is 1.91. The minimum atomic E-state index is -0.0851. The molecule has 2 aromatic rings. The Balaban J connectivity index is 2.52. The van der Waals surface area contributed by atoms with Crippen molar-refractivity contribution in [1.82, 2.24) is 9.97 Å². The highest BCUT2D eigenvalue weighted by molar-refractivity contribution is 14.1. The number of nitrogens with zero attached hydrogens (tertiary/aromatic N) is 2. The maximum absolute atomic E-state index is 10.9. The standard InChI is InChI=1S/C10H8IN3O/c1-6(15)14-7-2-3-8-9(4-7)12-5-13-10(8)11/h2-5H,1H3,(H,14,15). The molecule has 2 rings (SSSR count). The topological polar surface area (TPSA) is 54.9 Å². The number of benzene rings is 1. The molecule has 0 aliphatic heterocycles. The maximum atomic E-state index is 10.9. The zero-order valence-electron chi connectivity index (χ0n) is 7.99. The zero-order valence-corrected chi connectivity index (χ0v) is 10.1. The van der Waals surface area contributed by atoms with E-state index in [0.29, 0.717) is 0 Å². The lowest BCUT2D eigenvalue weighted by Gasteiger charge is -2.03. The van der Waals surface area contributed by atoms with Gasteiger partial charge in [-0.1, -0.05) is 0 Å². The van der Waals surface area contributed by atoms with Gasteiger partial charge in [-0.25, -0.2) is 9.97 Å². The summed E-state index contributed by atoms with van der Waals surface area (Å²) in [6.07, 6.45) is 1.52. The first-order valence-electron chi connectivity index (χ1n) is 4.34. The largest absolute Gasteiger partial charge is 0.326 e. The highest BCUT2D eigenvalue weighted by atomic mass is 127. The van der Waals surface area contributed by atoms with Crippen molar-refractivity contribution in [3.63, 3.8) is 0 Å². The van der Waals surface area contributed by atoms with E-state index in [-0.39, 0.29) is 5.91 Å². The quantitative estimate of drug-likeness (QED) is 0.649. The average molecular weight is 313 g/mol. The summed E-state index contributed by atoms with van der Waals surface area (Å²) in [4.78, 5) is 19.1. The molecule has 0 aliphatic carbocycles. The summed E-state index contributed by atoms with van der Waals surface area (Å²) in [6, 6.07) is 5.58. The van der Waals surface area contributed by atoms with E-state index >= 15 is 0 Å². The Morgan fingerprint density at radius 3 is 2.93 bits per heavy atom. The molecule has 1 N–H and O–H groups in total. The van der Waals surface area contributed by atoms with E-state index in [2.05, 4.69) is 37.9 Å². The van der Waals surface area contributed by atoms with Gasteiger partial charge in [0, 0.05) is 18.0 Å². The van der Waals surface area contributed by atoms with Crippen LogP contribution in [0.2, 0.25) is 0 Å². The molecule has 0 radical (unpaired) electrons. The molecule has 0 bridgehead atoms. The van der Waals surface area contributed by atoms with E-state index in [4.69, 9.17) is 0 Å². The minimum absolute atomic E-state index is 0.0851. The summed E-state index contributed by atoms with van der Waals surface area (Å²) in [6.45, 7) is 1.48. The van der Waals surface area contributed by atoms with E-state index < -0.39 is 0 Å². The van der Waals surface area contributed by atoms with Crippen LogP contribution in [0.5, 0.6) is 0 Å². The number of aromatic nitrogens is 2. The number of hydrogen-bond donors (Lipinski definition) is 1. The first-order valence-corrected chi connectivity index (χ1v) is 5.42. The molecular weight excluding hydrogens is 305 g/mol. The average Bonchev–Trinajstić information content (AvgIpc) is 2.17. The smallest absolute Gasteiger partial charge is 0.221 e. The fourth-order valence-electron chi connectivity index (χ4n) is 1.31. The molecule has 0 atom stereocenters. The number of fused-ring (bicyclic) bond motifs is 1. The molecule has 0 fully saturated rings. The summed E-state index contributed by atoms with van der Waals surface area (Å²) < 4.78 is 0.909. The van der Waals surface area contributed by atoms with Crippen LogP contribution >= 0.6 is 22.6 Å². The van der Waals surface area contributed by atoms with Crippen molar-refractivity contribution < 1.29 is 4.79 Å². The summed E-state index contributed by atoms with van der Waals surface area (Å²) in [5.41, 5.74) is 1.59. The number of amides is 1. The van der Waals surface area contributed by atoms with Crippen LogP contribution < -0.4 is 5.32 Å². The first kappa shape index (κ1) is 10.3. The fraction of sp³-hybridized carbons (Fsp3) is 0.100. The van der Waals surface area contributed by atoms with Crippen LogP contribution in [0.25, 0.3) is 10.9 Å². The highest BCUT2D eigenvalue weighted by Crippen LogP contribution is 2.20. The predicted octanol–water partition coefficient (Wildman–Crippen LogP) is 2.19. The normalized spacial score (nSPS) is 10.3. The molecule has 1 aromatic heterocycles. The van der Waals surface area contributed by atoms with Crippen LogP contribution in [-0.4, -0.2) is 15.9 Å². The van der Waals surface area contributed by atoms with Gasteiger partial charge >= 0.3 is 0 Å². The van der Waals surface area contributed by atoms with Gasteiger partial charge in [-0.15, -0.1) is 0 Å². The molecule has 76 valence electrons. The van der Waals surface area contributed by atoms with Gasteiger partial charge in [0.25, 0.3) is 0 Å². The Labute approximate surface area is 100 Å². The molecule has 4 nitrogen and oxygen atoms in total. The minimum Gasteiger partial charge on any atom is -0.326 e. The molecular formula is C10H8IN3O. The van der Waals surface area contributed by atoms with Gasteiger partial charge in [0.2, 0.25) is 5.91 Å². The van der Waals surface area contributed by atoms with Crippen LogP contribution in [0.3, 0.4) is 0 Å². The Morgan fingerprint density at radius 2 is 2.20 bits per heavy atom. The van der Waals surface area contributed by atoms with E-state index in [9.17, 15) is 4.79 Å². The van der Waals surface area contributed by atoms with Gasteiger partial charge < -0.3 is 5.32 Å². The fourth-order valence-corrected chi connectivity index (χ4v) is 1.89. The molecule has 0 saturated carbocycles. The van der Waals surface area contributed by atoms with Crippen molar-refractivity contribution in [2.45, 2.75) is 6.92 Å². The van der Waals surface area contributed by atoms with Crippen molar-refractivity contribution in [3.05, 3.63) is 28.2 Å². The van der Waals surface area contributed by atoms with Gasteiger partial charge in [-0.2, -0.15) is 0 Å². The molecule has 1 aromatic carbocycles. The number of carbonyl (C=O) groups is 1. The van der Waals surface area contributed by atoms with Crippen LogP contribution in [0.4, 0.5) is 5.69 Å². The number of carbonyl (C=O) groups excluding carboxylic acids is 1. The second-order valence-corrected chi connectivity index (χ2v) is 4.10. The first-order chi connectivity index (χ1) is 7.16. The SMILES string of the molecule is CC(=O)Nc1ccc2c(I)ncnc2c1. The molecule has 1 amide bonds. The van der Waals surface area contributed by atoms with Gasteiger partial charge in [-0.3, -0.25) is 4.79 Å². The Bertz CT molecular complexity index is 527. The van der Waals surface area contributed by atoms with Crippen molar-refractivity contribution in [1.29, 1.82) is 0 Å². The third-order valence-corrected chi connectivity index (χ3v) is 2.77. The zero-order chi connectivity index (χ0) is 10.8. The van der Waals surface area contributed by atoms with Gasteiger partial charge in [0.05, 0.1) is 5.52 Å². The lowest BCUT2D eigenvalue weighted by Crippen LogP contribution is -2.05. The second kappa shape index (κ2) is 4.09. The maximum Gasteiger partial charge on any atom is 0.221 e. The van der Waals surface area contributed by atoms with Crippen molar-refractivity contribution in [2.75, 3.05) is 5.32 Å². The Morgan fingerprint density at radius 1 is 1.40 bits per heavy atom. The van der Waals surface area contributed by atoms with Crippen LogP contribution in [0, 0.1) is 3.70 Å². The highest BCUT2D eigenvalue weighted by Gasteiger charge is 2.02. The number of halogens is 1. The molecule has 0 saturated heterocycles. The van der Waals surface area contributed by atoms with Gasteiger partial charge in [0.15, 0.2) is 0 Å². The van der Waals surface area contributed by atoms with Gasteiger partial charge in [0.1, 0.15) is 10.0 Å². The van der Waals surface area contributed by atoms with Crippen LogP contribution in [0.1, 0.15) is 6.92 Å². The molecule has 15 heavy (non-hydrogen) atoms. The summed E-state index contributed by atoms with van der Waals surface area (Å²) in [5, 5.41) is 3.71. The number of anilines is 1. The third kappa shape index (κ3) is 2.23. The summed E-state index contributed by atoms with van der Waals surface area (Å²) >= 11 is 2.16. The van der Waals surface area contributed by atoms with Crippen LogP contribution in [-0.2, 0) is 4.79 Å². The predicted molar refractivity (Wildman–Crippen MR) is 66.6 cm³/mol. The van der Waals surface area contributed by atoms with E-state index in [0.717, 1.165) is 20.3 Å². The van der Waals surface area contributed by atoms with Crippen molar-refractivity contribution in [3.8, 4) is 0 Å². The summed E-state index contributed by atoms with van der Waals surface area (Å²) in [7, 11) is 0. The molecule has 0 spiro atoms. The van der Waals surface area contributed by atoms with Crippen molar-refractivity contribution in [2.24, 2.45) is 0 Å². The second-order valence-electron chi connectivity index (χ2n) is 3.08.